The molecule has 0 heterocycles. The third kappa shape index (κ3) is 6.17. The van der Waals surface area contributed by atoms with Crippen molar-refractivity contribution >= 4 is 17.5 Å². The fourth-order valence-electron chi connectivity index (χ4n) is 1.29. The second kappa shape index (κ2) is 7.96. The monoisotopic (exact) mass is 255 g/mol. The van der Waals surface area contributed by atoms with Crippen LogP contribution in [-0.4, -0.2) is 24.4 Å². The molecule has 1 aromatic rings. The molecular formula is C13H18ClNO2. The second-order valence-electron chi connectivity index (χ2n) is 3.75. The Morgan fingerprint density at radius 2 is 2.12 bits per heavy atom. The van der Waals surface area contributed by atoms with Crippen molar-refractivity contribution in [3.63, 3.8) is 0 Å². The highest BCUT2D eigenvalue weighted by Crippen LogP contribution is 2.07. The van der Waals surface area contributed by atoms with Gasteiger partial charge in [-0.3, -0.25) is 4.79 Å². The number of ether oxygens (including phenoxy) is 1. The van der Waals surface area contributed by atoms with E-state index in [4.69, 9.17) is 16.3 Å². The molecule has 1 aromatic carbocycles. The molecule has 0 aromatic heterocycles. The summed E-state index contributed by atoms with van der Waals surface area (Å²) in [7, 11) is 0. The molecule has 0 bridgehead atoms. The number of benzene rings is 1. The molecule has 0 aliphatic carbocycles. The summed E-state index contributed by atoms with van der Waals surface area (Å²) in [6, 6.07) is 9.27. The van der Waals surface area contributed by atoms with Gasteiger partial charge in [0.25, 0.3) is 5.91 Å². The Labute approximate surface area is 107 Å². The average molecular weight is 256 g/mol. The van der Waals surface area contributed by atoms with Crippen LogP contribution < -0.4 is 10.1 Å². The molecule has 1 amide bonds. The van der Waals surface area contributed by atoms with E-state index < -0.39 is 0 Å². The van der Waals surface area contributed by atoms with Crippen molar-refractivity contribution in [2.45, 2.75) is 25.1 Å². The molecule has 1 rings (SSSR count). The minimum absolute atomic E-state index is 0.0447. The molecule has 0 saturated carbocycles. The highest BCUT2D eigenvalue weighted by Gasteiger charge is 2.04. The maximum atomic E-state index is 11.4. The first-order valence-corrected chi connectivity index (χ1v) is 6.24. The smallest absolute Gasteiger partial charge is 0.257 e. The first kappa shape index (κ1) is 13.8. The average Bonchev–Trinajstić information content (AvgIpc) is 2.37. The van der Waals surface area contributed by atoms with Gasteiger partial charge < -0.3 is 10.1 Å². The van der Waals surface area contributed by atoms with Crippen LogP contribution in [0.1, 0.15) is 19.8 Å². The van der Waals surface area contributed by atoms with Gasteiger partial charge in [-0.15, -0.1) is 11.6 Å². The van der Waals surface area contributed by atoms with Crippen molar-refractivity contribution in [3.05, 3.63) is 30.3 Å². The summed E-state index contributed by atoms with van der Waals surface area (Å²) in [6.07, 6.45) is 1.70. The Hall–Kier alpha value is -1.22. The predicted molar refractivity (Wildman–Crippen MR) is 69.5 cm³/mol. The zero-order chi connectivity index (χ0) is 12.5. The van der Waals surface area contributed by atoms with E-state index in [1.165, 1.54) is 0 Å². The van der Waals surface area contributed by atoms with E-state index in [0.29, 0.717) is 12.3 Å². The number of rotatable bonds is 7. The van der Waals surface area contributed by atoms with Gasteiger partial charge in [0.1, 0.15) is 5.75 Å². The van der Waals surface area contributed by atoms with Crippen LogP contribution in [0.4, 0.5) is 0 Å². The Morgan fingerprint density at radius 3 is 2.76 bits per heavy atom. The van der Waals surface area contributed by atoms with Crippen LogP contribution in [0.3, 0.4) is 0 Å². The van der Waals surface area contributed by atoms with Crippen molar-refractivity contribution in [1.82, 2.24) is 5.32 Å². The van der Waals surface area contributed by atoms with E-state index in [9.17, 15) is 4.79 Å². The van der Waals surface area contributed by atoms with Crippen molar-refractivity contribution in [3.8, 4) is 5.75 Å². The van der Waals surface area contributed by atoms with Crippen LogP contribution in [0.25, 0.3) is 0 Å². The molecular weight excluding hydrogens is 238 g/mol. The summed E-state index contributed by atoms with van der Waals surface area (Å²) in [5.74, 6) is 0.584. The number of halogens is 1. The minimum atomic E-state index is -0.117. The molecule has 0 aliphatic rings. The molecule has 94 valence electrons. The van der Waals surface area contributed by atoms with Crippen LogP contribution in [0.5, 0.6) is 5.75 Å². The zero-order valence-corrected chi connectivity index (χ0v) is 10.7. The number of amides is 1. The number of hydrogen-bond donors (Lipinski definition) is 1. The first-order chi connectivity index (χ1) is 8.22. The van der Waals surface area contributed by atoms with E-state index in [0.717, 1.165) is 12.8 Å². The number of alkyl halides is 1. The topological polar surface area (TPSA) is 38.3 Å². The van der Waals surface area contributed by atoms with Crippen LogP contribution >= 0.6 is 11.6 Å². The number of carbonyl (C=O) groups is 1. The number of carbonyl (C=O) groups excluding carboxylic acids is 1. The molecule has 17 heavy (non-hydrogen) atoms. The van der Waals surface area contributed by atoms with Gasteiger partial charge in [0, 0.05) is 11.9 Å². The lowest BCUT2D eigenvalue weighted by Gasteiger charge is -2.09. The molecule has 3 nitrogen and oxygen atoms in total. The predicted octanol–water partition coefficient (Wildman–Crippen LogP) is 2.59. The molecule has 0 saturated heterocycles. The van der Waals surface area contributed by atoms with E-state index in [1.807, 2.05) is 37.3 Å². The quantitative estimate of drug-likeness (QED) is 0.761. The highest BCUT2D eigenvalue weighted by molar-refractivity contribution is 6.20. The number of hydrogen-bond acceptors (Lipinski definition) is 2. The van der Waals surface area contributed by atoms with E-state index >= 15 is 0 Å². The van der Waals surface area contributed by atoms with Gasteiger partial charge in [-0.1, -0.05) is 25.1 Å². The maximum Gasteiger partial charge on any atom is 0.257 e. The lowest BCUT2D eigenvalue weighted by molar-refractivity contribution is -0.123. The van der Waals surface area contributed by atoms with Gasteiger partial charge in [-0.05, 0) is 25.0 Å². The van der Waals surface area contributed by atoms with Crippen LogP contribution in [0.2, 0.25) is 0 Å². The Bertz CT molecular complexity index is 329. The second-order valence-corrected chi connectivity index (χ2v) is 4.36. The van der Waals surface area contributed by atoms with Crippen molar-refractivity contribution in [2.24, 2.45) is 0 Å². The van der Waals surface area contributed by atoms with Gasteiger partial charge >= 0.3 is 0 Å². The molecule has 1 atom stereocenters. The molecule has 0 fully saturated rings. The van der Waals surface area contributed by atoms with E-state index in [2.05, 4.69) is 5.32 Å². The summed E-state index contributed by atoms with van der Waals surface area (Å²) in [6.45, 7) is 2.67. The third-order valence-electron chi connectivity index (χ3n) is 2.34. The normalized spacial score (nSPS) is 11.9. The van der Waals surface area contributed by atoms with Gasteiger partial charge in [0.05, 0.1) is 0 Å². The summed E-state index contributed by atoms with van der Waals surface area (Å²) in [5, 5.41) is 2.90. The fraction of sp³-hybridized carbons (Fsp3) is 0.462. The first-order valence-electron chi connectivity index (χ1n) is 5.81. The van der Waals surface area contributed by atoms with Gasteiger partial charge in [0.2, 0.25) is 0 Å². The zero-order valence-electron chi connectivity index (χ0n) is 9.99. The fourth-order valence-corrected chi connectivity index (χ4v) is 1.40. The standard InChI is InChI=1S/C13H18ClNO2/c1-2-11(14)8-9-15-13(16)10-17-12-6-4-3-5-7-12/h3-7,11H,2,8-10H2,1H3,(H,15,16). The minimum Gasteiger partial charge on any atom is -0.484 e. The highest BCUT2D eigenvalue weighted by atomic mass is 35.5. The Balaban J connectivity index is 2.13. The SMILES string of the molecule is CCC(Cl)CCNC(=O)COc1ccccc1. The largest absolute Gasteiger partial charge is 0.484 e. The van der Waals surface area contributed by atoms with Crippen LogP contribution in [0.15, 0.2) is 30.3 Å². The van der Waals surface area contributed by atoms with Crippen molar-refractivity contribution < 1.29 is 9.53 Å². The van der Waals surface area contributed by atoms with Gasteiger partial charge in [-0.25, -0.2) is 0 Å². The molecule has 1 unspecified atom stereocenters. The lowest BCUT2D eigenvalue weighted by atomic mass is 10.2. The molecule has 1 N–H and O–H groups in total. The maximum absolute atomic E-state index is 11.4. The molecule has 0 spiro atoms. The van der Waals surface area contributed by atoms with Crippen molar-refractivity contribution in [2.75, 3.05) is 13.2 Å². The number of nitrogens with one attached hydrogen (secondary N) is 1. The molecule has 0 aliphatic heterocycles. The van der Waals surface area contributed by atoms with Crippen LogP contribution in [0, 0.1) is 0 Å². The number of para-hydroxylation sites is 1. The lowest BCUT2D eigenvalue weighted by Crippen LogP contribution is -2.30. The summed E-state index contributed by atoms with van der Waals surface area (Å²) in [5.41, 5.74) is 0. The van der Waals surface area contributed by atoms with Gasteiger partial charge in [-0.2, -0.15) is 0 Å². The third-order valence-corrected chi connectivity index (χ3v) is 2.86. The Morgan fingerprint density at radius 1 is 1.41 bits per heavy atom. The summed E-state index contributed by atoms with van der Waals surface area (Å²) < 4.78 is 5.31. The summed E-state index contributed by atoms with van der Waals surface area (Å²) >= 11 is 5.94. The van der Waals surface area contributed by atoms with E-state index in [1.54, 1.807) is 0 Å². The summed E-state index contributed by atoms with van der Waals surface area (Å²) in [4.78, 5) is 11.4. The van der Waals surface area contributed by atoms with E-state index in [-0.39, 0.29) is 17.9 Å². The van der Waals surface area contributed by atoms with Crippen molar-refractivity contribution in [1.29, 1.82) is 0 Å². The van der Waals surface area contributed by atoms with Gasteiger partial charge in [0.15, 0.2) is 6.61 Å². The Kier molecular flexibility index (Phi) is 6.48. The van der Waals surface area contributed by atoms with Crippen LogP contribution in [-0.2, 0) is 4.79 Å². The molecule has 4 heteroatoms. The molecule has 0 radical (unpaired) electrons.